The number of rotatable bonds is 9. The fraction of sp³-hybridized carbons (Fsp3) is 0.600. The van der Waals surface area contributed by atoms with Crippen LogP contribution in [0.2, 0.25) is 0 Å². The van der Waals surface area contributed by atoms with Gasteiger partial charge in [0.2, 0.25) is 0 Å². The number of unbranched alkanes of at least 4 members (excludes halogenated alkanes) is 3. The zero-order valence-corrected chi connectivity index (χ0v) is 12.7. The summed E-state index contributed by atoms with van der Waals surface area (Å²) < 4.78 is 1.13. The minimum atomic E-state index is 0.323. The molecule has 0 amide bonds. The number of hydrogen-bond donors (Lipinski definition) is 2. The summed E-state index contributed by atoms with van der Waals surface area (Å²) in [5.41, 5.74) is 1.36. The highest BCUT2D eigenvalue weighted by atomic mass is 79.9. The summed E-state index contributed by atoms with van der Waals surface area (Å²) in [7, 11) is 0. The van der Waals surface area contributed by atoms with Crippen LogP contribution in [-0.2, 0) is 0 Å². The van der Waals surface area contributed by atoms with Gasteiger partial charge in [-0.15, -0.1) is 0 Å². The van der Waals surface area contributed by atoms with Gasteiger partial charge in [-0.25, -0.2) is 0 Å². The number of aliphatic hydroxyl groups excluding tert-OH is 1. The normalized spacial score (nSPS) is 12.6. The molecule has 1 aromatic carbocycles. The van der Waals surface area contributed by atoms with Crippen molar-refractivity contribution in [1.82, 2.24) is 5.32 Å². The Balaban J connectivity index is 2.27. The summed E-state index contributed by atoms with van der Waals surface area (Å²) in [6, 6.07) is 9.01. The summed E-state index contributed by atoms with van der Waals surface area (Å²) in [4.78, 5) is 0. The van der Waals surface area contributed by atoms with E-state index in [1.165, 1.54) is 18.4 Å². The second-order valence-corrected chi connectivity index (χ2v) is 5.52. The summed E-state index contributed by atoms with van der Waals surface area (Å²) >= 11 is 3.46. The van der Waals surface area contributed by atoms with E-state index in [1.54, 1.807) is 0 Å². The van der Waals surface area contributed by atoms with E-state index in [2.05, 4.69) is 52.4 Å². The van der Waals surface area contributed by atoms with Crippen LogP contribution >= 0.6 is 15.9 Å². The molecule has 2 nitrogen and oxygen atoms in total. The van der Waals surface area contributed by atoms with Gasteiger partial charge in [0.25, 0.3) is 0 Å². The Bertz CT molecular complexity index is 313. The van der Waals surface area contributed by atoms with Gasteiger partial charge < -0.3 is 10.4 Å². The zero-order chi connectivity index (χ0) is 13.2. The molecule has 2 N–H and O–H groups in total. The van der Waals surface area contributed by atoms with Crippen LogP contribution in [0.15, 0.2) is 28.7 Å². The first-order valence-electron chi connectivity index (χ1n) is 6.87. The molecule has 1 atom stereocenters. The Hall–Kier alpha value is -0.380. The first kappa shape index (κ1) is 15.7. The highest BCUT2D eigenvalue weighted by Crippen LogP contribution is 2.19. The predicted octanol–water partition coefficient (Wildman–Crippen LogP) is 4.04. The molecule has 3 heteroatoms. The second-order valence-electron chi connectivity index (χ2n) is 4.60. The monoisotopic (exact) mass is 313 g/mol. The van der Waals surface area contributed by atoms with Crippen LogP contribution < -0.4 is 5.32 Å². The molecular formula is C15H24BrNO. The highest BCUT2D eigenvalue weighted by Gasteiger charge is 2.07. The van der Waals surface area contributed by atoms with Gasteiger partial charge in [-0.3, -0.25) is 0 Å². The van der Waals surface area contributed by atoms with Crippen LogP contribution in [0.4, 0.5) is 0 Å². The van der Waals surface area contributed by atoms with E-state index in [1.807, 2.05) is 0 Å². The topological polar surface area (TPSA) is 32.3 Å². The van der Waals surface area contributed by atoms with E-state index in [-0.39, 0.29) is 0 Å². The first-order chi connectivity index (χ1) is 8.77. The average molecular weight is 314 g/mol. The third-order valence-electron chi connectivity index (χ3n) is 3.16. The Morgan fingerprint density at radius 2 is 1.78 bits per heavy atom. The molecule has 1 unspecified atom stereocenters. The van der Waals surface area contributed by atoms with Gasteiger partial charge in [0.05, 0.1) is 0 Å². The van der Waals surface area contributed by atoms with Crippen molar-refractivity contribution in [2.75, 3.05) is 13.2 Å². The lowest BCUT2D eigenvalue weighted by Gasteiger charge is -2.17. The molecule has 0 radical (unpaired) electrons. The third kappa shape index (κ3) is 5.98. The maximum atomic E-state index is 8.70. The molecule has 0 saturated carbocycles. The van der Waals surface area contributed by atoms with E-state index in [0.29, 0.717) is 12.6 Å². The van der Waals surface area contributed by atoms with Crippen molar-refractivity contribution in [3.8, 4) is 0 Å². The molecule has 1 rings (SSSR count). The molecule has 0 aliphatic carbocycles. The summed E-state index contributed by atoms with van der Waals surface area (Å²) in [6.45, 7) is 3.59. The minimum Gasteiger partial charge on any atom is -0.396 e. The number of benzene rings is 1. The van der Waals surface area contributed by atoms with Gasteiger partial charge in [0.1, 0.15) is 0 Å². The SMILES string of the molecule is CCC(NCCCCCCO)c1ccc(Br)cc1. The number of aliphatic hydroxyl groups is 1. The van der Waals surface area contributed by atoms with E-state index in [0.717, 1.165) is 30.3 Å². The molecule has 0 bridgehead atoms. The van der Waals surface area contributed by atoms with Gasteiger partial charge in [-0.2, -0.15) is 0 Å². The van der Waals surface area contributed by atoms with E-state index in [4.69, 9.17) is 5.11 Å². The van der Waals surface area contributed by atoms with Gasteiger partial charge in [-0.05, 0) is 43.5 Å². The van der Waals surface area contributed by atoms with Crippen LogP contribution in [0.25, 0.3) is 0 Å². The predicted molar refractivity (Wildman–Crippen MR) is 80.7 cm³/mol. The van der Waals surface area contributed by atoms with Crippen LogP contribution in [0, 0.1) is 0 Å². The molecule has 0 aromatic heterocycles. The minimum absolute atomic E-state index is 0.323. The fourth-order valence-electron chi connectivity index (χ4n) is 2.06. The van der Waals surface area contributed by atoms with Crippen LogP contribution in [0.1, 0.15) is 50.6 Å². The Labute approximate surface area is 119 Å². The molecular weight excluding hydrogens is 290 g/mol. The maximum absolute atomic E-state index is 8.70. The van der Waals surface area contributed by atoms with Gasteiger partial charge in [0.15, 0.2) is 0 Å². The molecule has 18 heavy (non-hydrogen) atoms. The standard InChI is InChI=1S/C15H24BrNO/c1-2-15(13-7-9-14(16)10-8-13)17-11-5-3-4-6-12-18/h7-10,15,17-18H,2-6,11-12H2,1H3. The van der Waals surface area contributed by atoms with Crippen molar-refractivity contribution in [3.05, 3.63) is 34.3 Å². The van der Waals surface area contributed by atoms with E-state index in [9.17, 15) is 0 Å². The summed E-state index contributed by atoms with van der Waals surface area (Å²) in [6.07, 6.45) is 5.56. The molecule has 102 valence electrons. The molecule has 0 saturated heterocycles. The fourth-order valence-corrected chi connectivity index (χ4v) is 2.32. The van der Waals surface area contributed by atoms with Crippen molar-refractivity contribution in [2.45, 2.75) is 45.1 Å². The third-order valence-corrected chi connectivity index (χ3v) is 3.68. The van der Waals surface area contributed by atoms with Gasteiger partial charge in [-0.1, -0.05) is 47.8 Å². The molecule has 1 aromatic rings. The van der Waals surface area contributed by atoms with Crippen molar-refractivity contribution in [1.29, 1.82) is 0 Å². The van der Waals surface area contributed by atoms with Crippen LogP contribution in [0.5, 0.6) is 0 Å². The van der Waals surface area contributed by atoms with Gasteiger partial charge in [0, 0.05) is 17.1 Å². The Morgan fingerprint density at radius 1 is 1.11 bits per heavy atom. The summed E-state index contributed by atoms with van der Waals surface area (Å²) in [5.74, 6) is 0. The lowest BCUT2D eigenvalue weighted by molar-refractivity contribution is 0.282. The molecule has 0 aliphatic heterocycles. The lowest BCUT2D eigenvalue weighted by atomic mass is 10.0. The van der Waals surface area contributed by atoms with Crippen LogP contribution in [0.3, 0.4) is 0 Å². The number of halogens is 1. The lowest BCUT2D eigenvalue weighted by Crippen LogP contribution is -2.21. The highest BCUT2D eigenvalue weighted by molar-refractivity contribution is 9.10. The van der Waals surface area contributed by atoms with Crippen molar-refractivity contribution in [2.24, 2.45) is 0 Å². The van der Waals surface area contributed by atoms with E-state index < -0.39 is 0 Å². The van der Waals surface area contributed by atoms with Crippen molar-refractivity contribution in [3.63, 3.8) is 0 Å². The number of hydrogen-bond acceptors (Lipinski definition) is 2. The van der Waals surface area contributed by atoms with Crippen molar-refractivity contribution >= 4 is 15.9 Å². The van der Waals surface area contributed by atoms with Gasteiger partial charge >= 0.3 is 0 Å². The largest absolute Gasteiger partial charge is 0.396 e. The molecule has 0 spiro atoms. The smallest absolute Gasteiger partial charge is 0.0431 e. The number of nitrogens with one attached hydrogen (secondary N) is 1. The van der Waals surface area contributed by atoms with Crippen LogP contribution in [-0.4, -0.2) is 18.3 Å². The maximum Gasteiger partial charge on any atom is 0.0431 e. The van der Waals surface area contributed by atoms with E-state index >= 15 is 0 Å². The Kier molecular flexibility index (Phi) is 8.31. The molecule has 0 heterocycles. The Morgan fingerprint density at radius 3 is 2.39 bits per heavy atom. The zero-order valence-electron chi connectivity index (χ0n) is 11.2. The molecule has 0 fully saturated rings. The first-order valence-corrected chi connectivity index (χ1v) is 7.67. The van der Waals surface area contributed by atoms with Crippen molar-refractivity contribution < 1.29 is 5.11 Å². The molecule has 0 aliphatic rings. The second kappa shape index (κ2) is 9.54. The quantitative estimate of drug-likeness (QED) is 0.674. The summed E-state index contributed by atoms with van der Waals surface area (Å²) in [5, 5.41) is 12.3. The average Bonchev–Trinajstić information content (AvgIpc) is 2.39.